The fourth-order valence-corrected chi connectivity index (χ4v) is 1.86. The maximum Gasteiger partial charge on any atom is 0.321 e. The molecule has 0 saturated carbocycles. The lowest BCUT2D eigenvalue weighted by molar-refractivity contribution is 0.223. The van der Waals surface area contributed by atoms with Gasteiger partial charge in [0.2, 0.25) is 0 Å². The number of amides is 2. The van der Waals surface area contributed by atoms with Gasteiger partial charge in [-0.2, -0.15) is 5.26 Å². The van der Waals surface area contributed by atoms with Gasteiger partial charge in [0.05, 0.1) is 11.3 Å². The molecule has 0 bridgehead atoms. The van der Waals surface area contributed by atoms with Gasteiger partial charge in [-0.1, -0.05) is 6.07 Å². The molecule has 0 fully saturated rings. The lowest BCUT2D eigenvalue weighted by Crippen LogP contribution is -2.33. The summed E-state index contributed by atoms with van der Waals surface area (Å²) < 4.78 is 13.1. The number of urea groups is 1. The first-order valence-electron chi connectivity index (χ1n) is 6.72. The first kappa shape index (κ1) is 15.4. The quantitative estimate of drug-likeness (QED) is 0.943. The van der Waals surface area contributed by atoms with Gasteiger partial charge in [-0.05, 0) is 30.3 Å². The van der Waals surface area contributed by atoms with Crippen LogP contribution in [0.4, 0.5) is 14.9 Å². The van der Waals surface area contributed by atoms with Crippen LogP contribution in [0.5, 0.6) is 0 Å². The molecule has 0 radical (unpaired) electrons. The zero-order chi connectivity index (χ0) is 15.9. The smallest absolute Gasteiger partial charge is 0.321 e. The van der Waals surface area contributed by atoms with Crippen LogP contribution in [-0.2, 0) is 6.42 Å². The predicted octanol–water partition coefficient (Wildman–Crippen LogP) is 2.80. The summed E-state index contributed by atoms with van der Waals surface area (Å²) in [6, 6.07) is 10.8. The van der Waals surface area contributed by atoms with Crippen LogP contribution < -0.4 is 5.32 Å². The van der Waals surface area contributed by atoms with E-state index in [4.69, 9.17) is 5.26 Å². The Labute approximate surface area is 128 Å². The Morgan fingerprint density at radius 2 is 2.23 bits per heavy atom. The molecule has 2 rings (SSSR count). The van der Waals surface area contributed by atoms with E-state index in [1.54, 1.807) is 13.2 Å². The third-order valence-electron chi connectivity index (χ3n) is 3.12. The lowest BCUT2D eigenvalue weighted by atomic mass is 10.2. The van der Waals surface area contributed by atoms with Gasteiger partial charge in [0, 0.05) is 31.9 Å². The Morgan fingerprint density at radius 1 is 1.41 bits per heavy atom. The molecular weight excluding hydrogens is 283 g/mol. The Balaban J connectivity index is 1.96. The summed E-state index contributed by atoms with van der Waals surface area (Å²) in [5.74, 6) is -0.516. The molecule has 2 amide bonds. The molecule has 112 valence electrons. The SMILES string of the molecule is CN(CCc1ccccn1)C(=O)Nc1ccc(F)cc1C#N. The maximum atomic E-state index is 13.1. The van der Waals surface area contributed by atoms with Crippen molar-refractivity contribution in [3.8, 4) is 6.07 Å². The van der Waals surface area contributed by atoms with Crippen LogP contribution in [0.3, 0.4) is 0 Å². The van der Waals surface area contributed by atoms with Crippen LogP contribution in [0.15, 0.2) is 42.6 Å². The molecule has 0 aliphatic heterocycles. The third kappa shape index (κ3) is 4.03. The number of nitriles is 1. The molecule has 0 unspecified atom stereocenters. The Kier molecular flexibility index (Phi) is 5.04. The van der Waals surface area contributed by atoms with Crippen molar-refractivity contribution in [1.29, 1.82) is 5.26 Å². The van der Waals surface area contributed by atoms with Crippen molar-refractivity contribution in [2.24, 2.45) is 0 Å². The van der Waals surface area contributed by atoms with Crippen LogP contribution in [0.25, 0.3) is 0 Å². The number of anilines is 1. The fourth-order valence-electron chi connectivity index (χ4n) is 1.86. The molecule has 0 spiro atoms. The van der Waals surface area contributed by atoms with E-state index in [0.29, 0.717) is 18.7 Å². The van der Waals surface area contributed by atoms with Gasteiger partial charge in [-0.25, -0.2) is 9.18 Å². The van der Waals surface area contributed by atoms with Gasteiger partial charge in [-0.15, -0.1) is 0 Å². The summed E-state index contributed by atoms with van der Waals surface area (Å²) in [6.07, 6.45) is 2.33. The summed E-state index contributed by atoms with van der Waals surface area (Å²) in [7, 11) is 1.65. The number of halogens is 1. The molecule has 1 aromatic carbocycles. The largest absolute Gasteiger partial charge is 0.327 e. The van der Waals surface area contributed by atoms with E-state index in [1.165, 1.54) is 17.0 Å². The number of pyridine rings is 1. The summed E-state index contributed by atoms with van der Waals surface area (Å²) in [5.41, 5.74) is 1.27. The van der Waals surface area contributed by atoms with Crippen molar-refractivity contribution < 1.29 is 9.18 Å². The van der Waals surface area contributed by atoms with Gasteiger partial charge in [-0.3, -0.25) is 4.98 Å². The highest BCUT2D eigenvalue weighted by molar-refractivity contribution is 5.90. The van der Waals surface area contributed by atoms with E-state index in [0.717, 1.165) is 11.8 Å². The first-order valence-corrected chi connectivity index (χ1v) is 6.72. The topological polar surface area (TPSA) is 69.0 Å². The van der Waals surface area contributed by atoms with Gasteiger partial charge in [0.15, 0.2) is 0 Å². The summed E-state index contributed by atoms with van der Waals surface area (Å²) in [6.45, 7) is 0.478. The molecule has 5 nitrogen and oxygen atoms in total. The van der Waals surface area contributed by atoms with Crippen molar-refractivity contribution in [2.75, 3.05) is 18.9 Å². The van der Waals surface area contributed by atoms with Gasteiger partial charge in [0.1, 0.15) is 11.9 Å². The summed E-state index contributed by atoms with van der Waals surface area (Å²) in [4.78, 5) is 17.8. The van der Waals surface area contributed by atoms with Crippen molar-refractivity contribution >= 4 is 11.7 Å². The number of carbonyl (C=O) groups is 1. The Hall–Kier alpha value is -2.94. The minimum atomic E-state index is -0.516. The van der Waals surface area contributed by atoms with E-state index < -0.39 is 5.82 Å². The van der Waals surface area contributed by atoms with Crippen molar-refractivity contribution in [1.82, 2.24) is 9.88 Å². The van der Waals surface area contributed by atoms with Crippen molar-refractivity contribution in [2.45, 2.75) is 6.42 Å². The van der Waals surface area contributed by atoms with Gasteiger partial charge in [0.25, 0.3) is 0 Å². The summed E-state index contributed by atoms with van der Waals surface area (Å²) in [5, 5.41) is 11.6. The van der Waals surface area contributed by atoms with E-state index in [9.17, 15) is 9.18 Å². The second kappa shape index (κ2) is 7.18. The number of nitrogens with zero attached hydrogens (tertiary/aromatic N) is 3. The molecule has 1 N–H and O–H groups in total. The van der Waals surface area contributed by atoms with Gasteiger partial charge < -0.3 is 10.2 Å². The summed E-state index contributed by atoms with van der Waals surface area (Å²) >= 11 is 0. The zero-order valence-corrected chi connectivity index (χ0v) is 12.1. The molecule has 0 saturated heterocycles. The number of benzene rings is 1. The van der Waals surface area contributed by atoms with Crippen LogP contribution in [0.2, 0.25) is 0 Å². The average Bonchev–Trinajstić information content (AvgIpc) is 2.55. The highest BCUT2D eigenvalue weighted by Gasteiger charge is 2.12. The maximum absolute atomic E-state index is 13.1. The predicted molar refractivity (Wildman–Crippen MR) is 80.7 cm³/mol. The average molecular weight is 298 g/mol. The van der Waals surface area contributed by atoms with Crippen molar-refractivity contribution in [3.63, 3.8) is 0 Å². The van der Waals surface area contributed by atoms with Crippen LogP contribution in [-0.4, -0.2) is 29.5 Å². The van der Waals surface area contributed by atoms with Crippen LogP contribution in [0, 0.1) is 17.1 Å². The second-order valence-corrected chi connectivity index (χ2v) is 4.72. The monoisotopic (exact) mass is 298 g/mol. The highest BCUT2D eigenvalue weighted by atomic mass is 19.1. The first-order chi connectivity index (χ1) is 10.6. The third-order valence-corrected chi connectivity index (χ3v) is 3.12. The molecular formula is C16H15FN4O. The molecule has 0 aliphatic carbocycles. The molecule has 0 aliphatic rings. The standard InChI is InChI=1S/C16H15FN4O/c1-21(9-7-14-4-2-3-8-19-14)16(22)20-15-6-5-13(17)10-12(15)11-18/h2-6,8,10H,7,9H2,1H3,(H,20,22). The lowest BCUT2D eigenvalue weighted by Gasteiger charge is -2.18. The molecule has 0 atom stereocenters. The minimum absolute atomic E-state index is 0.0893. The Morgan fingerprint density at radius 3 is 2.91 bits per heavy atom. The molecule has 1 heterocycles. The number of nitrogens with one attached hydrogen (secondary N) is 1. The second-order valence-electron chi connectivity index (χ2n) is 4.72. The molecule has 2 aromatic rings. The normalized spacial score (nSPS) is 9.86. The fraction of sp³-hybridized carbons (Fsp3) is 0.188. The number of carbonyl (C=O) groups excluding carboxylic acids is 1. The van der Waals surface area contributed by atoms with Gasteiger partial charge >= 0.3 is 6.03 Å². The number of aromatic nitrogens is 1. The number of hydrogen-bond acceptors (Lipinski definition) is 3. The zero-order valence-electron chi connectivity index (χ0n) is 12.1. The molecule has 22 heavy (non-hydrogen) atoms. The number of rotatable bonds is 4. The molecule has 6 heteroatoms. The van der Waals surface area contributed by atoms with E-state index in [1.807, 2.05) is 24.3 Å². The van der Waals surface area contributed by atoms with E-state index >= 15 is 0 Å². The number of hydrogen-bond donors (Lipinski definition) is 1. The number of likely N-dealkylation sites (N-methyl/N-ethyl adjacent to an activating group) is 1. The van der Waals surface area contributed by atoms with E-state index in [-0.39, 0.29) is 11.6 Å². The molecule has 1 aromatic heterocycles. The van der Waals surface area contributed by atoms with Crippen LogP contribution in [0.1, 0.15) is 11.3 Å². The van der Waals surface area contributed by atoms with E-state index in [2.05, 4.69) is 10.3 Å². The van der Waals surface area contributed by atoms with Crippen LogP contribution >= 0.6 is 0 Å². The van der Waals surface area contributed by atoms with Crippen molar-refractivity contribution in [3.05, 3.63) is 59.7 Å². The Bertz CT molecular complexity index is 697. The minimum Gasteiger partial charge on any atom is -0.327 e. The highest BCUT2D eigenvalue weighted by Crippen LogP contribution is 2.16.